The van der Waals surface area contributed by atoms with Gasteiger partial charge in [0.2, 0.25) is 5.95 Å². The zero-order valence-corrected chi connectivity index (χ0v) is 21.5. The molecule has 0 unspecified atom stereocenters. The molecule has 0 aliphatic carbocycles. The van der Waals surface area contributed by atoms with Crippen molar-refractivity contribution in [1.82, 2.24) is 19.9 Å². The van der Waals surface area contributed by atoms with Crippen molar-refractivity contribution in [3.05, 3.63) is 54.0 Å². The van der Waals surface area contributed by atoms with E-state index in [1.807, 2.05) is 57.4 Å². The molecule has 2 aliphatic heterocycles. The van der Waals surface area contributed by atoms with Crippen LogP contribution in [-0.4, -0.2) is 58.8 Å². The first-order chi connectivity index (χ1) is 17.7. The standard InChI is InChI=1S/C26H30N6O2.C2H6/c1-32(13-8-18-9-14-34-15-10-18)25(33)24-17-19-16-20(5-6-21(19)30-24)29-26-28-12-7-23(31-26)22-4-2-3-11-27-22;1-2/h4-7,11-12,16-18,30H,2-3,8-10,13-15H2,1H3,(H,28,29,31);1-2H3. The first kappa shape index (κ1) is 25.6. The first-order valence-corrected chi connectivity index (χ1v) is 12.9. The molecule has 1 saturated heterocycles. The summed E-state index contributed by atoms with van der Waals surface area (Å²) in [5.41, 5.74) is 4.05. The van der Waals surface area contributed by atoms with Crippen molar-refractivity contribution in [3.63, 3.8) is 0 Å². The van der Waals surface area contributed by atoms with Crippen LogP contribution in [0.15, 0.2) is 47.6 Å². The maximum Gasteiger partial charge on any atom is 0.270 e. The first-order valence-electron chi connectivity index (χ1n) is 12.9. The van der Waals surface area contributed by atoms with E-state index < -0.39 is 0 Å². The van der Waals surface area contributed by atoms with Gasteiger partial charge in [0.15, 0.2) is 0 Å². The van der Waals surface area contributed by atoms with Gasteiger partial charge in [0.05, 0.1) is 11.4 Å². The predicted octanol–water partition coefficient (Wildman–Crippen LogP) is 5.82. The van der Waals surface area contributed by atoms with Gasteiger partial charge in [0.1, 0.15) is 5.69 Å². The number of nitrogens with zero attached hydrogens (tertiary/aromatic N) is 4. The number of ether oxygens (including phenoxy) is 1. The van der Waals surface area contributed by atoms with Gasteiger partial charge < -0.3 is 19.9 Å². The fourth-order valence-corrected chi connectivity index (χ4v) is 4.42. The Bertz CT molecular complexity index is 1230. The molecule has 0 atom stereocenters. The van der Waals surface area contributed by atoms with E-state index in [2.05, 4.69) is 31.3 Å². The largest absolute Gasteiger partial charge is 0.381 e. The summed E-state index contributed by atoms with van der Waals surface area (Å²) in [6, 6.07) is 9.70. The second-order valence-electron chi connectivity index (χ2n) is 8.93. The average Bonchev–Trinajstić information content (AvgIpc) is 3.37. The Labute approximate surface area is 212 Å². The maximum atomic E-state index is 13.0. The molecule has 1 fully saturated rings. The van der Waals surface area contributed by atoms with E-state index in [4.69, 9.17) is 4.74 Å². The number of amides is 1. The Morgan fingerprint density at radius 1 is 1.17 bits per heavy atom. The SMILES string of the molecule is CC.CN(CCC1CCOCC1)C(=O)c1cc2cc(Nc3nccc(C4=CCCC=N4)n3)ccc2[nH]1. The molecule has 36 heavy (non-hydrogen) atoms. The van der Waals surface area contributed by atoms with Crippen molar-refractivity contribution in [2.75, 3.05) is 32.1 Å². The number of aromatic amines is 1. The number of allylic oxidation sites excluding steroid dienone is 1. The number of carbonyl (C=O) groups excluding carboxylic acids is 1. The van der Waals surface area contributed by atoms with E-state index in [-0.39, 0.29) is 5.91 Å². The quantitative estimate of drug-likeness (QED) is 0.437. The van der Waals surface area contributed by atoms with Crippen molar-refractivity contribution in [2.24, 2.45) is 10.9 Å². The second kappa shape index (κ2) is 12.4. The molecule has 4 heterocycles. The van der Waals surface area contributed by atoms with E-state index in [0.29, 0.717) is 17.6 Å². The van der Waals surface area contributed by atoms with Crippen LogP contribution in [0.2, 0.25) is 0 Å². The molecule has 1 amide bonds. The molecule has 5 rings (SSSR count). The number of hydrogen-bond acceptors (Lipinski definition) is 6. The summed E-state index contributed by atoms with van der Waals surface area (Å²) in [5, 5.41) is 4.23. The van der Waals surface area contributed by atoms with Crippen LogP contribution in [0.5, 0.6) is 0 Å². The fraction of sp³-hybridized carbons (Fsp3) is 0.429. The summed E-state index contributed by atoms with van der Waals surface area (Å²) < 4.78 is 5.43. The number of aliphatic imine (C=N–C) groups is 1. The maximum absolute atomic E-state index is 13.0. The number of H-pyrrole nitrogens is 1. The van der Waals surface area contributed by atoms with Crippen LogP contribution in [-0.2, 0) is 4.74 Å². The molecule has 0 saturated carbocycles. The Morgan fingerprint density at radius 3 is 2.78 bits per heavy atom. The molecule has 2 aliphatic rings. The minimum Gasteiger partial charge on any atom is -0.381 e. The van der Waals surface area contributed by atoms with Gasteiger partial charge in [-0.25, -0.2) is 9.97 Å². The number of carbonyl (C=O) groups is 1. The molecule has 0 radical (unpaired) electrons. The van der Waals surface area contributed by atoms with E-state index >= 15 is 0 Å². The van der Waals surface area contributed by atoms with Crippen LogP contribution < -0.4 is 5.32 Å². The lowest BCUT2D eigenvalue weighted by Gasteiger charge is -2.24. The summed E-state index contributed by atoms with van der Waals surface area (Å²) in [6.45, 7) is 6.42. The third kappa shape index (κ3) is 6.37. The number of benzene rings is 1. The van der Waals surface area contributed by atoms with Gasteiger partial charge in [-0.3, -0.25) is 9.79 Å². The van der Waals surface area contributed by atoms with Gasteiger partial charge >= 0.3 is 0 Å². The average molecular weight is 489 g/mol. The number of fused-ring (bicyclic) bond motifs is 1. The van der Waals surface area contributed by atoms with Crippen LogP contribution >= 0.6 is 0 Å². The fourth-order valence-electron chi connectivity index (χ4n) is 4.42. The molecule has 1 aromatic carbocycles. The molecule has 8 heteroatoms. The van der Waals surface area contributed by atoms with Gasteiger partial charge in [-0.2, -0.15) is 0 Å². The Balaban J connectivity index is 0.00000148. The predicted molar refractivity (Wildman–Crippen MR) is 146 cm³/mol. The smallest absolute Gasteiger partial charge is 0.270 e. The van der Waals surface area contributed by atoms with E-state index in [1.54, 1.807) is 11.1 Å². The summed E-state index contributed by atoms with van der Waals surface area (Å²) in [5.74, 6) is 1.16. The van der Waals surface area contributed by atoms with Crippen LogP contribution in [0.4, 0.5) is 11.6 Å². The summed E-state index contributed by atoms with van der Waals surface area (Å²) in [6.07, 6.45) is 10.9. The van der Waals surface area contributed by atoms with Crippen LogP contribution in [0.1, 0.15) is 62.1 Å². The monoisotopic (exact) mass is 488 g/mol. The third-order valence-electron chi connectivity index (χ3n) is 6.45. The summed E-state index contributed by atoms with van der Waals surface area (Å²) in [7, 11) is 1.87. The van der Waals surface area contributed by atoms with Gasteiger partial charge in [-0.1, -0.05) is 19.9 Å². The molecule has 2 N–H and O–H groups in total. The summed E-state index contributed by atoms with van der Waals surface area (Å²) in [4.78, 5) is 31.4. The lowest BCUT2D eigenvalue weighted by atomic mass is 9.96. The summed E-state index contributed by atoms with van der Waals surface area (Å²) >= 11 is 0. The molecular weight excluding hydrogens is 452 g/mol. The molecule has 0 bridgehead atoms. The molecular formula is C28H36N6O2. The molecule has 2 aromatic heterocycles. The third-order valence-corrected chi connectivity index (χ3v) is 6.45. The number of nitrogens with one attached hydrogen (secondary N) is 2. The van der Waals surface area contributed by atoms with Crippen molar-refractivity contribution in [3.8, 4) is 0 Å². The second-order valence-corrected chi connectivity index (χ2v) is 8.93. The van der Waals surface area contributed by atoms with Crippen LogP contribution in [0, 0.1) is 5.92 Å². The van der Waals surface area contributed by atoms with E-state index in [9.17, 15) is 4.79 Å². The Kier molecular flexibility index (Phi) is 8.84. The highest BCUT2D eigenvalue weighted by Crippen LogP contribution is 2.24. The van der Waals surface area contributed by atoms with Crippen LogP contribution in [0.3, 0.4) is 0 Å². The lowest BCUT2D eigenvalue weighted by molar-refractivity contribution is 0.0582. The lowest BCUT2D eigenvalue weighted by Crippen LogP contribution is -2.30. The zero-order valence-electron chi connectivity index (χ0n) is 21.5. The topological polar surface area (TPSA) is 95.5 Å². The van der Waals surface area contributed by atoms with Crippen LogP contribution in [0.25, 0.3) is 16.6 Å². The zero-order chi connectivity index (χ0) is 25.3. The highest BCUT2D eigenvalue weighted by Gasteiger charge is 2.18. The Morgan fingerprint density at radius 2 is 2.00 bits per heavy atom. The van der Waals surface area contributed by atoms with Crippen molar-refractivity contribution >= 4 is 40.4 Å². The highest BCUT2D eigenvalue weighted by molar-refractivity contribution is 5.98. The highest BCUT2D eigenvalue weighted by atomic mass is 16.5. The van der Waals surface area contributed by atoms with Gasteiger partial charge in [0, 0.05) is 55.8 Å². The molecule has 0 spiro atoms. The number of anilines is 2. The molecule has 190 valence electrons. The van der Waals surface area contributed by atoms with Crippen molar-refractivity contribution < 1.29 is 9.53 Å². The van der Waals surface area contributed by atoms with Crippen molar-refractivity contribution in [1.29, 1.82) is 0 Å². The number of rotatable bonds is 7. The Hall–Kier alpha value is -3.52. The number of aromatic nitrogens is 3. The van der Waals surface area contributed by atoms with Gasteiger partial charge in [-0.15, -0.1) is 0 Å². The van der Waals surface area contributed by atoms with E-state index in [0.717, 1.165) is 79.8 Å². The molecule has 8 nitrogen and oxygen atoms in total. The van der Waals surface area contributed by atoms with Gasteiger partial charge in [0.25, 0.3) is 5.91 Å². The number of hydrogen-bond donors (Lipinski definition) is 2. The van der Waals surface area contributed by atoms with Gasteiger partial charge in [-0.05, 0) is 68.4 Å². The van der Waals surface area contributed by atoms with Crippen molar-refractivity contribution in [2.45, 2.75) is 46.0 Å². The molecule has 3 aromatic rings. The minimum absolute atomic E-state index is 0.00937. The normalized spacial score (nSPS) is 15.7. The van der Waals surface area contributed by atoms with E-state index in [1.165, 1.54) is 0 Å². The minimum atomic E-state index is 0.00937.